The summed E-state index contributed by atoms with van der Waals surface area (Å²) in [7, 11) is 0. The van der Waals surface area contributed by atoms with Crippen molar-refractivity contribution in [3.63, 3.8) is 0 Å². The molecule has 0 aliphatic heterocycles. The van der Waals surface area contributed by atoms with Crippen molar-refractivity contribution >= 4 is 117 Å². The zero-order chi connectivity index (χ0) is 63.5. The molecule has 0 amide bonds. The van der Waals surface area contributed by atoms with E-state index in [-0.39, 0.29) is 0 Å². The Bertz CT molecular complexity index is 1130. The number of unbranched alkanes of at least 4 members (excludes halogenated alkanes) is 8. The van der Waals surface area contributed by atoms with E-state index in [4.69, 9.17) is 103 Å². The maximum atomic E-state index is 8.26. The first-order valence-corrected chi connectivity index (χ1v) is 38.4. The minimum absolute atomic E-state index is 0.676. The Morgan fingerprint density at radius 1 is 0.256 bits per heavy atom. The second-order valence-electron chi connectivity index (χ2n) is 24.0. The predicted octanol–water partition coefficient (Wildman–Crippen LogP) is 22.1. The first-order valence-electron chi connectivity index (χ1n) is 34.3. The van der Waals surface area contributed by atoms with Crippen molar-refractivity contribution in [3.8, 4) is 0 Å². The summed E-state index contributed by atoms with van der Waals surface area (Å²) in [5.74, 6) is 6.00. The Balaban J connectivity index is -0.000000318. The SMILES string of the molecule is CCCCC(CC)CN(CC(CC)CCCC)C(=S)[S-].CCCCC(CC)CN(CC(CC)CCCC)C(=S)[S-].CCCCC(CC)CN(CC(CC)CCCC)C(=S)[S-].CCCCC(CC)CN(CC(CC)CCCC)C(=S)[S-].[O]=[Mo+4]. The molecule has 488 valence electrons. The second kappa shape index (κ2) is 67.9. The van der Waals surface area contributed by atoms with Crippen LogP contribution in [-0.2, 0) is 73.7 Å². The van der Waals surface area contributed by atoms with Gasteiger partial charge in [-0.25, -0.2) is 0 Å². The number of thiocarbonyl (C=S) groups is 4. The Morgan fingerprint density at radius 3 is 0.415 bits per heavy atom. The van der Waals surface area contributed by atoms with Crippen molar-refractivity contribution in [2.24, 2.45) is 47.3 Å². The summed E-state index contributed by atoms with van der Waals surface area (Å²) in [5.41, 5.74) is 0. The van der Waals surface area contributed by atoms with Gasteiger partial charge in [-0.1, -0.05) is 282 Å². The Hall–Kier alpha value is 0.928. The van der Waals surface area contributed by atoms with Crippen LogP contribution >= 0.6 is 48.9 Å². The second-order valence-corrected chi connectivity index (χ2v) is 28.1. The van der Waals surface area contributed by atoms with E-state index < -0.39 is 0 Å². The van der Waals surface area contributed by atoms with Crippen LogP contribution in [0.1, 0.15) is 316 Å². The number of hydrogen-bond acceptors (Lipinski definition) is 9. The quantitative estimate of drug-likeness (QED) is 0.0330. The summed E-state index contributed by atoms with van der Waals surface area (Å²) < 4.78 is 11.0. The van der Waals surface area contributed by atoms with Crippen LogP contribution in [0.5, 0.6) is 0 Å². The van der Waals surface area contributed by atoms with Gasteiger partial charge >= 0.3 is 23.2 Å². The Kier molecular flexibility index (Phi) is 75.8. The standard InChI is InChI=1S/4C17H35NS2.Mo.O/c4*1-5-9-11-15(7-3)13-18(17(19)20)14-16(8-4)12-10-6-2;;/h4*15-16H,5-14H2,1-4H3,(H,19,20);;/q;;;;+4;/p-4. The molecule has 0 rings (SSSR count). The van der Waals surface area contributed by atoms with Gasteiger partial charge in [0.2, 0.25) is 0 Å². The van der Waals surface area contributed by atoms with Crippen LogP contribution in [0.3, 0.4) is 0 Å². The van der Waals surface area contributed by atoms with Gasteiger partial charge in [0, 0.05) is 52.4 Å². The van der Waals surface area contributed by atoms with Crippen LogP contribution in [-0.4, -0.2) is 89.2 Å². The molecule has 0 bridgehead atoms. The van der Waals surface area contributed by atoms with Gasteiger partial charge < -0.3 is 119 Å². The molecule has 14 heteroatoms. The average molecular weight is 1380 g/mol. The summed E-state index contributed by atoms with van der Waals surface area (Å²) in [6, 6.07) is 0. The zero-order valence-corrected chi connectivity index (χ0v) is 65.3. The van der Waals surface area contributed by atoms with Gasteiger partial charge in [0.05, 0.1) is 0 Å². The molecule has 0 aromatic heterocycles. The third-order valence-electron chi connectivity index (χ3n) is 17.2. The van der Waals surface area contributed by atoms with Gasteiger partial charge in [0.1, 0.15) is 0 Å². The van der Waals surface area contributed by atoms with Gasteiger partial charge in [0.25, 0.3) is 0 Å². The molecule has 0 N–H and O–H groups in total. The summed E-state index contributed by atoms with van der Waals surface area (Å²) in [4.78, 5) is 9.22. The third-order valence-corrected chi connectivity index (χ3v) is 19.3. The minimum atomic E-state index is 0.676. The first-order chi connectivity index (χ1) is 39.3. The van der Waals surface area contributed by atoms with E-state index in [0.717, 1.165) is 99.7 Å². The van der Waals surface area contributed by atoms with Crippen molar-refractivity contribution in [1.82, 2.24) is 19.6 Å². The molecule has 0 saturated carbocycles. The Labute approximate surface area is 570 Å². The molecule has 8 unspecified atom stereocenters. The molecule has 0 aromatic rings. The molecule has 0 radical (unpaired) electrons. The summed E-state index contributed by atoms with van der Waals surface area (Å²) in [6.45, 7) is 45.0. The van der Waals surface area contributed by atoms with Crippen LogP contribution in [0.4, 0.5) is 0 Å². The molecule has 5 nitrogen and oxygen atoms in total. The van der Waals surface area contributed by atoms with E-state index in [1.807, 2.05) is 0 Å². The van der Waals surface area contributed by atoms with E-state index >= 15 is 0 Å². The van der Waals surface area contributed by atoms with Crippen LogP contribution in [0, 0.1) is 47.3 Å². The molecular formula is C68H136MoN4OS8. The van der Waals surface area contributed by atoms with E-state index in [2.05, 4.69) is 130 Å². The molecule has 0 aliphatic rings. The van der Waals surface area contributed by atoms with Crippen LogP contribution in [0.25, 0.3) is 0 Å². The molecule has 0 fully saturated rings. The van der Waals surface area contributed by atoms with Crippen molar-refractivity contribution in [2.75, 3.05) is 52.4 Å². The molecule has 0 saturated heterocycles. The zero-order valence-electron chi connectivity index (χ0n) is 56.8. The van der Waals surface area contributed by atoms with Crippen molar-refractivity contribution < 1.29 is 23.2 Å². The summed E-state index contributed by atoms with van der Waals surface area (Å²) in [6.07, 6.45) is 41.2. The van der Waals surface area contributed by atoms with Crippen molar-refractivity contribution in [3.05, 3.63) is 0 Å². The fourth-order valence-electron chi connectivity index (χ4n) is 10.7. The number of hydrogen-bond donors (Lipinski definition) is 0. The molecule has 0 heterocycles. The molecule has 82 heavy (non-hydrogen) atoms. The average Bonchev–Trinajstić information content (AvgIpc) is 3.48. The van der Waals surface area contributed by atoms with Crippen LogP contribution in [0.2, 0.25) is 0 Å². The van der Waals surface area contributed by atoms with Crippen LogP contribution in [0.15, 0.2) is 0 Å². The van der Waals surface area contributed by atoms with Gasteiger partial charge in [-0.2, -0.15) is 0 Å². The number of nitrogens with zero attached hydrogens (tertiary/aromatic N) is 4. The predicted molar refractivity (Wildman–Crippen MR) is 393 cm³/mol. The van der Waals surface area contributed by atoms with E-state index in [1.165, 1.54) is 205 Å². The van der Waals surface area contributed by atoms with Crippen LogP contribution < -0.4 is 0 Å². The summed E-state index contributed by atoms with van der Waals surface area (Å²) in [5, 5.41) is 0. The first kappa shape index (κ1) is 91.7. The fraction of sp³-hybridized carbons (Fsp3) is 0.941. The Morgan fingerprint density at radius 2 is 0.354 bits per heavy atom. The molecule has 0 spiro atoms. The monoisotopic (exact) mass is 1380 g/mol. The maximum absolute atomic E-state index is 8.26. The van der Waals surface area contributed by atoms with Crippen molar-refractivity contribution in [1.29, 1.82) is 0 Å². The molecular weight excluding hydrogens is 1240 g/mol. The van der Waals surface area contributed by atoms with Gasteiger partial charge in [0.15, 0.2) is 0 Å². The van der Waals surface area contributed by atoms with E-state index in [0.29, 0.717) is 37.1 Å². The number of rotatable bonds is 48. The normalized spacial score (nSPS) is 13.7. The van der Waals surface area contributed by atoms with Crippen molar-refractivity contribution in [2.45, 2.75) is 316 Å². The fourth-order valence-corrected chi connectivity index (χ4v) is 11.9. The van der Waals surface area contributed by atoms with E-state index in [1.54, 1.807) is 0 Å². The van der Waals surface area contributed by atoms with Gasteiger partial charge in [-0.3, -0.25) is 0 Å². The van der Waals surface area contributed by atoms with Gasteiger partial charge in [-0.05, 0) is 98.7 Å². The van der Waals surface area contributed by atoms with Gasteiger partial charge in [-0.15, -0.1) is 0 Å². The van der Waals surface area contributed by atoms with E-state index in [9.17, 15) is 0 Å². The molecule has 0 aliphatic carbocycles. The summed E-state index contributed by atoms with van der Waals surface area (Å²) >= 11 is 43.2. The molecule has 8 atom stereocenters. The third kappa shape index (κ3) is 55.0. The topological polar surface area (TPSA) is 30.0 Å². The molecule has 0 aromatic carbocycles.